The average molecular weight is 300 g/mol. The third-order valence-electron chi connectivity index (χ3n) is 3.08. The second-order valence-electron chi connectivity index (χ2n) is 4.87. The number of rotatable bonds is 3. The number of halogens is 1. The summed E-state index contributed by atoms with van der Waals surface area (Å²) in [5, 5.41) is 0.793. The molecular weight excluding hydrogens is 282 g/mol. The summed E-state index contributed by atoms with van der Waals surface area (Å²) in [6, 6.07) is 11.9. The Balaban J connectivity index is 2.09. The minimum Gasteiger partial charge on any atom is -0.489 e. The summed E-state index contributed by atoms with van der Waals surface area (Å²) in [7, 11) is 0. The Morgan fingerprint density at radius 3 is 2.52 bits per heavy atom. The van der Waals surface area contributed by atoms with E-state index in [0.29, 0.717) is 13.2 Å². The second-order valence-corrected chi connectivity index (χ2v) is 5.24. The summed E-state index contributed by atoms with van der Waals surface area (Å²) in [5.74, 6) is 6.70. The normalized spacial score (nSPS) is 9.90. The number of nitrogens with two attached hydrogens (primary N) is 1. The molecule has 0 aliphatic rings. The zero-order chi connectivity index (χ0) is 15.2. The largest absolute Gasteiger partial charge is 0.489 e. The fourth-order valence-electron chi connectivity index (χ4n) is 2.05. The third-order valence-corrected chi connectivity index (χ3v) is 3.67. The van der Waals surface area contributed by atoms with Crippen LogP contribution in [-0.4, -0.2) is 6.54 Å². The molecule has 2 N–H and O–H groups in total. The topological polar surface area (TPSA) is 35.2 Å². The highest BCUT2D eigenvalue weighted by Crippen LogP contribution is 2.26. The molecule has 2 rings (SSSR count). The van der Waals surface area contributed by atoms with Crippen molar-refractivity contribution in [2.75, 3.05) is 6.54 Å². The minimum atomic E-state index is 0.365. The molecule has 2 aromatic carbocycles. The van der Waals surface area contributed by atoms with Crippen LogP contribution in [0.4, 0.5) is 0 Å². The predicted molar refractivity (Wildman–Crippen MR) is 87.6 cm³/mol. The fraction of sp³-hybridized carbons (Fsp3) is 0.222. The smallest absolute Gasteiger partial charge is 0.120 e. The van der Waals surface area contributed by atoms with Crippen molar-refractivity contribution in [3.05, 3.63) is 63.7 Å². The molecule has 2 nitrogen and oxygen atoms in total. The van der Waals surface area contributed by atoms with E-state index in [1.165, 1.54) is 0 Å². The average Bonchev–Trinajstić information content (AvgIpc) is 2.49. The van der Waals surface area contributed by atoms with E-state index < -0.39 is 0 Å². The molecule has 108 valence electrons. The van der Waals surface area contributed by atoms with Gasteiger partial charge in [-0.1, -0.05) is 35.6 Å². The lowest BCUT2D eigenvalue weighted by molar-refractivity contribution is 0.306. The molecule has 2 aromatic rings. The van der Waals surface area contributed by atoms with Gasteiger partial charge in [0.1, 0.15) is 12.4 Å². The van der Waals surface area contributed by atoms with Crippen LogP contribution in [0.2, 0.25) is 5.02 Å². The summed E-state index contributed by atoms with van der Waals surface area (Å²) < 4.78 is 5.84. The zero-order valence-electron chi connectivity index (χ0n) is 12.2. The van der Waals surface area contributed by atoms with Gasteiger partial charge in [0.15, 0.2) is 0 Å². The molecule has 0 aliphatic heterocycles. The first kappa shape index (κ1) is 15.4. The molecule has 0 bridgehead atoms. The SMILES string of the molecule is Cc1cc(OCc2cccc(C#CCN)c2)cc(C)c1Cl. The van der Waals surface area contributed by atoms with Crippen LogP contribution in [-0.2, 0) is 6.61 Å². The van der Waals surface area contributed by atoms with Gasteiger partial charge in [0, 0.05) is 10.6 Å². The van der Waals surface area contributed by atoms with Crippen molar-refractivity contribution in [1.29, 1.82) is 0 Å². The van der Waals surface area contributed by atoms with Crippen molar-refractivity contribution < 1.29 is 4.74 Å². The first-order valence-corrected chi connectivity index (χ1v) is 7.15. The van der Waals surface area contributed by atoms with Crippen LogP contribution in [0.15, 0.2) is 36.4 Å². The number of aryl methyl sites for hydroxylation is 2. The Labute approximate surface area is 130 Å². The number of ether oxygens (including phenoxy) is 1. The number of benzene rings is 2. The Hall–Kier alpha value is -1.95. The molecule has 0 amide bonds. The quantitative estimate of drug-likeness (QED) is 0.874. The van der Waals surface area contributed by atoms with Crippen LogP contribution in [0.1, 0.15) is 22.3 Å². The van der Waals surface area contributed by atoms with E-state index in [1.807, 2.05) is 50.2 Å². The molecule has 0 saturated carbocycles. The molecule has 0 radical (unpaired) electrons. The van der Waals surface area contributed by atoms with Gasteiger partial charge in [-0.05, 0) is 54.8 Å². The van der Waals surface area contributed by atoms with Gasteiger partial charge in [-0.25, -0.2) is 0 Å². The van der Waals surface area contributed by atoms with E-state index in [0.717, 1.165) is 33.0 Å². The van der Waals surface area contributed by atoms with E-state index >= 15 is 0 Å². The molecule has 0 atom stereocenters. The van der Waals surface area contributed by atoms with Gasteiger partial charge in [-0.15, -0.1) is 0 Å². The third kappa shape index (κ3) is 4.26. The van der Waals surface area contributed by atoms with E-state index in [9.17, 15) is 0 Å². The monoisotopic (exact) mass is 299 g/mol. The van der Waals surface area contributed by atoms with Gasteiger partial charge in [-0.3, -0.25) is 0 Å². The Kier molecular flexibility index (Phi) is 5.27. The molecular formula is C18H18ClNO. The molecule has 0 saturated heterocycles. The van der Waals surface area contributed by atoms with E-state index in [2.05, 4.69) is 11.8 Å². The highest BCUT2D eigenvalue weighted by Gasteiger charge is 2.04. The van der Waals surface area contributed by atoms with Gasteiger partial charge >= 0.3 is 0 Å². The van der Waals surface area contributed by atoms with Crippen molar-refractivity contribution in [2.45, 2.75) is 20.5 Å². The maximum absolute atomic E-state index is 6.16. The van der Waals surface area contributed by atoms with Crippen molar-refractivity contribution >= 4 is 11.6 Å². The van der Waals surface area contributed by atoms with Crippen LogP contribution in [0.5, 0.6) is 5.75 Å². The van der Waals surface area contributed by atoms with Crippen LogP contribution in [0.25, 0.3) is 0 Å². The number of hydrogen-bond donors (Lipinski definition) is 1. The van der Waals surface area contributed by atoms with Gasteiger partial charge in [-0.2, -0.15) is 0 Å². The maximum Gasteiger partial charge on any atom is 0.120 e. The van der Waals surface area contributed by atoms with E-state index in [1.54, 1.807) is 0 Å². The predicted octanol–water partition coefficient (Wildman–Crippen LogP) is 3.85. The molecule has 0 spiro atoms. The lowest BCUT2D eigenvalue weighted by atomic mass is 10.1. The summed E-state index contributed by atoms with van der Waals surface area (Å²) in [6.07, 6.45) is 0. The molecule has 0 aromatic heterocycles. The summed E-state index contributed by atoms with van der Waals surface area (Å²) in [4.78, 5) is 0. The minimum absolute atomic E-state index is 0.365. The van der Waals surface area contributed by atoms with Crippen molar-refractivity contribution in [1.82, 2.24) is 0 Å². The summed E-state index contributed by atoms with van der Waals surface area (Å²) >= 11 is 6.16. The van der Waals surface area contributed by atoms with Crippen molar-refractivity contribution in [3.8, 4) is 17.6 Å². The standard InChI is InChI=1S/C18H18ClNO/c1-13-9-17(10-14(2)18(13)19)21-12-16-6-3-5-15(11-16)7-4-8-20/h3,5-6,9-11H,8,12,20H2,1-2H3. The van der Waals surface area contributed by atoms with Crippen LogP contribution >= 0.6 is 11.6 Å². The van der Waals surface area contributed by atoms with Crippen LogP contribution in [0, 0.1) is 25.7 Å². The van der Waals surface area contributed by atoms with Crippen LogP contribution < -0.4 is 10.5 Å². The lowest BCUT2D eigenvalue weighted by Gasteiger charge is -2.10. The van der Waals surface area contributed by atoms with Crippen molar-refractivity contribution in [2.24, 2.45) is 5.73 Å². The lowest BCUT2D eigenvalue weighted by Crippen LogP contribution is -1.97. The molecule has 3 heteroatoms. The van der Waals surface area contributed by atoms with Crippen molar-refractivity contribution in [3.63, 3.8) is 0 Å². The maximum atomic E-state index is 6.16. The van der Waals surface area contributed by atoms with Gasteiger partial charge in [0.25, 0.3) is 0 Å². The van der Waals surface area contributed by atoms with Gasteiger partial charge in [0.2, 0.25) is 0 Å². The van der Waals surface area contributed by atoms with Gasteiger partial charge in [0.05, 0.1) is 6.54 Å². The summed E-state index contributed by atoms with van der Waals surface area (Å²) in [6.45, 7) is 4.82. The highest BCUT2D eigenvalue weighted by molar-refractivity contribution is 6.32. The first-order valence-electron chi connectivity index (χ1n) is 6.77. The Morgan fingerprint density at radius 2 is 1.86 bits per heavy atom. The molecule has 21 heavy (non-hydrogen) atoms. The van der Waals surface area contributed by atoms with Crippen LogP contribution in [0.3, 0.4) is 0 Å². The first-order chi connectivity index (χ1) is 10.1. The number of hydrogen-bond acceptors (Lipinski definition) is 2. The Morgan fingerprint density at radius 1 is 1.14 bits per heavy atom. The fourth-order valence-corrected chi connectivity index (χ4v) is 2.16. The Bertz CT molecular complexity index is 675. The summed E-state index contributed by atoms with van der Waals surface area (Å²) in [5.41, 5.74) is 9.45. The zero-order valence-corrected chi connectivity index (χ0v) is 13.0. The molecule has 0 heterocycles. The van der Waals surface area contributed by atoms with E-state index in [-0.39, 0.29) is 0 Å². The van der Waals surface area contributed by atoms with Gasteiger partial charge < -0.3 is 10.5 Å². The molecule has 0 unspecified atom stereocenters. The van der Waals surface area contributed by atoms with E-state index in [4.69, 9.17) is 22.1 Å². The molecule has 0 fully saturated rings. The second kappa shape index (κ2) is 7.17. The molecule has 0 aliphatic carbocycles. The highest BCUT2D eigenvalue weighted by atomic mass is 35.5.